The van der Waals surface area contributed by atoms with Crippen LogP contribution < -0.4 is 0 Å². The highest BCUT2D eigenvalue weighted by Crippen LogP contribution is 2.70. The minimum atomic E-state index is -1.43. The van der Waals surface area contributed by atoms with E-state index in [4.69, 9.17) is 14.2 Å². The van der Waals surface area contributed by atoms with Crippen molar-refractivity contribution in [3.05, 3.63) is 11.6 Å². The summed E-state index contributed by atoms with van der Waals surface area (Å²) in [5.74, 6) is -0.616. The molecule has 10 heteroatoms. The molecule has 0 amide bonds. The second-order valence-corrected chi connectivity index (χ2v) is 13.4. The summed E-state index contributed by atoms with van der Waals surface area (Å²) in [6.07, 6.45) is 0.689. The van der Waals surface area contributed by atoms with E-state index in [9.17, 15) is 35.1 Å². The normalized spacial score (nSPS) is 55.2. The first-order chi connectivity index (χ1) is 18.4. The Bertz CT molecular complexity index is 1050. The molecule has 0 radical (unpaired) electrons. The molecule has 0 unspecified atom stereocenters. The molecule has 5 fully saturated rings. The van der Waals surface area contributed by atoms with Crippen molar-refractivity contribution in [2.45, 2.75) is 120 Å². The maximum atomic E-state index is 13.0. The summed E-state index contributed by atoms with van der Waals surface area (Å²) in [6, 6.07) is 0. The van der Waals surface area contributed by atoms with Crippen LogP contribution in [0.5, 0.6) is 0 Å². The molecule has 6 rings (SSSR count). The van der Waals surface area contributed by atoms with Crippen LogP contribution in [0.15, 0.2) is 11.6 Å². The van der Waals surface area contributed by atoms with Gasteiger partial charge in [-0.05, 0) is 81.6 Å². The number of fused-ring (bicyclic) bond motifs is 5. The average Bonchev–Trinajstić information content (AvgIpc) is 3.45. The second-order valence-electron chi connectivity index (χ2n) is 13.4. The lowest BCUT2D eigenvalue weighted by Crippen LogP contribution is -2.69. The highest BCUT2D eigenvalue weighted by atomic mass is 16.7. The van der Waals surface area contributed by atoms with Crippen molar-refractivity contribution in [1.82, 2.24) is 0 Å². The lowest BCUT2D eigenvalue weighted by Gasteiger charge is -2.65. The van der Waals surface area contributed by atoms with E-state index < -0.39 is 58.8 Å². The van der Waals surface area contributed by atoms with Gasteiger partial charge in [-0.25, -0.2) is 4.79 Å². The molecule has 13 atom stereocenters. The van der Waals surface area contributed by atoms with Crippen molar-refractivity contribution in [1.29, 1.82) is 0 Å². The van der Waals surface area contributed by atoms with E-state index in [0.717, 1.165) is 18.3 Å². The van der Waals surface area contributed by atoms with E-state index in [2.05, 4.69) is 6.92 Å². The van der Waals surface area contributed by atoms with Crippen molar-refractivity contribution >= 4 is 12.3 Å². The van der Waals surface area contributed by atoms with Crippen molar-refractivity contribution in [2.75, 3.05) is 6.61 Å². The molecular weight excluding hydrogens is 508 g/mol. The van der Waals surface area contributed by atoms with Gasteiger partial charge >= 0.3 is 5.97 Å². The van der Waals surface area contributed by atoms with E-state index >= 15 is 0 Å². The maximum Gasteiger partial charge on any atom is 0.331 e. The Morgan fingerprint density at radius 3 is 2.41 bits per heavy atom. The van der Waals surface area contributed by atoms with Crippen LogP contribution in [0.25, 0.3) is 0 Å². The summed E-state index contributed by atoms with van der Waals surface area (Å²) >= 11 is 0. The van der Waals surface area contributed by atoms with Crippen LogP contribution in [0.1, 0.15) is 71.6 Å². The topological polar surface area (TPSA) is 163 Å². The molecule has 6 aliphatic rings. The predicted octanol–water partition coefficient (Wildman–Crippen LogP) is 0.750. The van der Waals surface area contributed by atoms with Gasteiger partial charge in [0.25, 0.3) is 0 Å². The summed E-state index contributed by atoms with van der Waals surface area (Å²) in [5.41, 5.74) is -2.86. The zero-order valence-corrected chi connectivity index (χ0v) is 22.7. The summed E-state index contributed by atoms with van der Waals surface area (Å²) in [6.45, 7) is 3.98. The van der Waals surface area contributed by atoms with Crippen LogP contribution in [-0.2, 0) is 23.8 Å². The third-order valence-corrected chi connectivity index (χ3v) is 12.0. The fourth-order valence-electron chi connectivity index (χ4n) is 9.75. The van der Waals surface area contributed by atoms with Gasteiger partial charge in [-0.1, -0.05) is 6.92 Å². The largest absolute Gasteiger partial charge is 0.458 e. The summed E-state index contributed by atoms with van der Waals surface area (Å²) in [7, 11) is 0. The average molecular weight is 551 g/mol. The summed E-state index contributed by atoms with van der Waals surface area (Å²) < 4.78 is 16.9. The monoisotopic (exact) mass is 550 g/mol. The Labute approximate surface area is 228 Å². The van der Waals surface area contributed by atoms with Crippen LogP contribution in [0.3, 0.4) is 0 Å². The second kappa shape index (κ2) is 9.31. The zero-order valence-electron chi connectivity index (χ0n) is 22.7. The molecule has 5 N–H and O–H groups in total. The molecular formula is C29H42O10. The molecule has 0 aromatic rings. The van der Waals surface area contributed by atoms with Gasteiger partial charge in [-0.3, -0.25) is 0 Å². The van der Waals surface area contributed by atoms with Gasteiger partial charge in [0.05, 0.1) is 28.8 Å². The first-order valence-corrected chi connectivity index (χ1v) is 14.5. The van der Waals surface area contributed by atoms with Gasteiger partial charge < -0.3 is 44.5 Å². The summed E-state index contributed by atoms with van der Waals surface area (Å²) in [5, 5.41) is 55.0. The molecule has 4 aliphatic carbocycles. The third kappa shape index (κ3) is 3.78. The maximum absolute atomic E-state index is 13.0. The SMILES string of the molecule is C[C@H]1O[C@@H](O[C@H]2CC[C@]3(C=O)[C@@H]4CC[C@]5(C)[C@H](C6=CC(=O)OC6)CC[C@]5(O)[C@H]4CC[C@@]3(O)C2)[C@H](O)[C@@H](O)[C@@H]1O. The van der Waals surface area contributed by atoms with E-state index in [-0.39, 0.29) is 36.8 Å². The molecule has 0 bridgehead atoms. The smallest absolute Gasteiger partial charge is 0.331 e. The zero-order chi connectivity index (χ0) is 28.0. The molecule has 0 aromatic carbocycles. The first kappa shape index (κ1) is 27.8. The number of cyclic esters (lactones) is 1. The first-order valence-electron chi connectivity index (χ1n) is 14.5. The van der Waals surface area contributed by atoms with Gasteiger partial charge in [0.2, 0.25) is 0 Å². The number of esters is 1. The van der Waals surface area contributed by atoms with Crippen molar-refractivity contribution in [3.63, 3.8) is 0 Å². The Hall–Kier alpha value is -1.40. The van der Waals surface area contributed by atoms with Gasteiger partial charge in [0.15, 0.2) is 6.29 Å². The van der Waals surface area contributed by atoms with E-state index in [1.54, 1.807) is 13.0 Å². The highest BCUT2D eigenvalue weighted by Gasteiger charge is 2.71. The number of ether oxygens (including phenoxy) is 3. The number of aliphatic hydroxyl groups excluding tert-OH is 3. The molecule has 2 aliphatic heterocycles. The predicted molar refractivity (Wildman–Crippen MR) is 135 cm³/mol. The Kier molecular flexibility index (Phi) is 6.62. The van der Waals surface area contributed by atoms with Crippen LogP contribution in [-0.4, -0.2) is 92.4 Å². The van der Waals surface area contributed by atoms with Crippen molar-refractivity contribution in [3.8, 4) is 0 Å². The number of hydrogen-bond acceptors (Lipinski definition) is 10. The minimum absolute atomic E-state index is 0.0465. The fraction of sp³-hybridized carbons (Fsp3) is 0.862. The molecule has 4 saturated carbocycles. The molecule has 218 valence electrons. The molecule has 10 nitrogen and oxygen atoms in total. The Morgan fingerprint density at radius 2 is 1.72 bits per heavy atom. The highest BCUT2D eigenvalue weighted by molar-refractivity contribution is 5.85. The van der Waals surface area contributed by atoms with Crippen LogP contribution in [0, 0.1) is 28.6 Å². The van der Waals surface area contributed by atoms with E-state index in [0.29, 0.717) is 44.9 Å². The van der Waals surface area contributed by atoms with Crippen LogP contribution >= 0.6 is 0 Å². The molecule has 2 heterocycles. The van der Waals surface area contributed by atoms with Crippen LogP contribution in [0.2, 0.25) is 0 Å². The van der Waals surface area contributed by atoms with Gasteiger partial charge in [-0.2, -0.15) is 0 Å². The van der Waals surface area contributed by atoms with E-state index in [1.807, 2.05) is 0 Å². The van der Waals surface area contributed by atoms with E-state index in [1.165, 1.54) is 0 Å². The summed E-state index contributed by atoms with van der Waals surface area (Å²) in [4.78, 5) is 24.8. The number of aldehydes is 1. The number of aliphatic hydroxyl groups is 5. The van der Waals surface area contributed by atoms with Gasteiger partial charge in [0, 0.05) is 17.9 Å². The Morgan fingerprint density at radius 1 is 0.974 bits per heavy atom. The van der Waals surface area contributed by atoms with Gasteiger partial charge in [0.1, 0.15) is 31.2 Å². The van der Waals surface area contributed by atoms with Crippen molar-refractivity contribution in [2.24, 2.45) is 28.6 Å². The molecule has 39 heavy (non-hydrogen) atoms. The number of rotatable bonds is 4. The third-order valence-electron chi connectivity index (χ3n) is 12.0. The minimum Gasteiger partial charge on any atom is -0.458 e. The van der Waals surface area contributed by atoms with Crippen molar-refractivity contribution < 1.29 is 49.3 Å². The standard InChI is InChI=1S/C29H42O10/c1-15-22(32)23(33)24(34)25(38-15)39-17-3-8-27(14-30)19-4-7-26(2)18(16-11-21(31)37-13-16)6-10-29(26,36)20(19)5-9-28(27,35)12-17/h11,14-15,17-20,22-25,32-36H,3-10,12-13H2,1-2H3/t15-,17+,18+,19-,20+,22-,23+,24-,25+,26-,27+,28-,29+/m1/s1. The van der Waals surface area contributed by atoms with Crippen LogP contribution in [0.4, 0.5) is 0 Å². The number of carbonyl (C=O) groups excluding carboxylic acids is 2. The quantitative estimate of drug-likeness (QED) is 0.192. The Balaban J connectivity index is 1.22. The number of carbonyl (C=O) groups is 2. The lowest BCUT2D eigenvalue weighted by atomic mass is 9.41. The molecule has 0 aromatic heterocycles. The fourth-order valence-corrected chi connectivity index (χ4v) is 9.75. The molecule has 0 spiro atoms. The molecule has 1 saturated heterocycles. The lowest BCUT2D eigenvalue weighted by molar-refractivity contribution is -0.317. The van der Waals surface area contributed by atoms with Gasteiger partial charge in [-0.15, -0.1) is 0 Å². The number of hydrogen-bond donors (Lipinski definition) is 5.